The van der Waals surface area contributed by atoms with Gasteiger partial charge in [-0.05, 0) is 264 Å². The van der Waals surface area contributed by atoms with E-state index in [4.69, 9.17) is 0 Å². The monoisotopic (exact) mass is 1680 g/mol. The normalized spacial score (nSPS) is 14.2. The molecule has 4 aliphatic heterocycles. The Morgan fingerprint density at radius 3 is 0.805 bits per heavy atom. The highest BCUT2D eigenvalue weighted by atomic mass is 16.2. The highest BCUT2D eigenvalue weighted by molar-refractivity contribution is 6.47. The molecular weight excluding hydrogens is 1580 g/mol. The van der Waals surface area contributed by atoms with Crippen molar-refractivity contribution >= 4 is 167 Å². The molecule has 0 aliphatic carbocycles. The highest BCUT2D eigenvalue weighted by Gasteiger charge is 2.43. The summed E-state index contributed by atoms with van der Waals surface area (Å²) in [5.74, 6) is -2.77. The third kappa shape index (κ3) is 12.4. The highest BCUT2D eigenvalue weighted by Crippen LogP contribution is 2.53. The van der Waals surface area contributed by atoms with Gasteiger partial charge in [-0.3, -0.25) is 38.4 Å². The molecule has 0 spiro atoms. The van der Waals surface area contributed by atoms with Crippen LogP contribution < -0.4 is 19.6 Å². The third-order valence-corrected chi connectivity index (χ3v) is 28.4. The molecule has 0 fully saturated rings. The van der Waals surface area contributed by atoms with Crippen LogP contribution in [0, 0.1) is 0 Å². The molecule has 17 aromatic rings. The largest absolute Gasteiger partial charge is 0.268 e. The van der Waals surface area contributed by atoms with E-state index in [9.17, 15) is 0 Å². The van der Waals surface area contributed by atoms with Crippen molar-refractivity contribution in [2.24, 2.45) is 0 Å². The summed E-state index contributed by atoms with van der Waals surface area (Å²) in [6.07, 6.45) is 15.1. The third-order valence-electron chi connectivity index (χ3n) is 28.4. The van der Waals surface area contributed by atoms with Crippen LogP contribution in [0.1, 0.15) is 286 Å². The first kappa shape index (κ1) is 81.2. The number of amides is 8. The fourth-order valence-corrected chi connectivity index (χ4v) is 22.2. The van der Waals surface area contributed by atoms with Crippen LogP contribution in [-0.2, 0) is 12.8 Å². The van der Waals surface area contributed by atoms with E-state index in [-0.39, 0.29) is 47.3 Å². The Bertz CT molecular complexity index is 7410. The number of carbonyl (C=O) groups excluding carboxylic acids is 8. The van der Waals surface area contributed by atoms with Crippen LogP contribution in [0.25, 0.3) is 130 Å². The Morgan fingerprint density at radius 2 is 0.461 bits per heavy atom. The summed E-state index contributed by atoms with van der Waals surface area (Å²) in [4.78, 5) is 127. The van der Waals surface area contributed by atoms with Gasteiger partial charge in [0.05, 0.1) is 22.7 Å². The van der Waals surface area contributed by atoms with Crippen LogP contribution in [0.2, 0.25) is 0 Å². The molecule has 0 saturated heterocycles. The van der Waals surface area contributed by atoms with Gasteiger partial charge >= 0.3 is 0 Å². The predicted octanol–water partition coefficient (Wildman–Crippen LogP) is 29.4. The number of unbranched alkanes of at least 4 members (excludes halogenated alkanes) is 10. The number of para-hydroxylation sites is 2. The van der Waals surface area contributed by atoms with Crippen molar-refractivity contribution in [3.8, 4) is 33.4 Å². The first-order valence-electron chi connectivity index (χ1n) is 46.3. The fourth-order valence-electron chi connectivity index (χ4n) is 22.2. The van der Waals surface area contributed by atoms with Crippen molar-refractivity contribution in [2.45, 2.75) is 183 Å². The van der Waals surface area contributed by atoms with Gasteiger partial charge in [0.1, 0.15) is 0 Å². The molecule has 0 atom stereocenters. The topological polar surface area (TPSA) is 150 Å². The molecule has 17 aromatic carbocycles. The van der Waals surface area contributed by atoms with Gasteiger partial charge in [-0.25, -0.2) is 19.6 Å². The maximum absolute atomic E-state index is 15.4. The second-order valence-corrected chi connectivity index (χ2v) is 37.3. The van der Waals surface area contributed by atoms with Gasteiger partial charge in [-0.2, -0.15) is 0 Å². The Morgan fingerprint density at radius 1 is 0.211 bits per heavy atom. The van der Waals surface area contributed by atoms with E-state index in [0.717, 1.165) is 195 Å². The summed E-state index contributed by atoms with van der Waals surface area (Å²) in [5.41, 5.74) is 18.0. The first-order chi connectivity index (χ1) is 62.2. The number of rotatable bonds is 25. The number of imide groups is 4. The van der Waals surface area contributed by atoms with Crippen molar-refractivity contribution in [1.29, 1.82) is 0 Å². The minimum Gasteiger partial charge on any atom is -0.268 e. The molecule has 8 amide bonds. The summed E-state index contributed by atoms with van der Waals surface area (Å²) in [5, 5.41) is 14.9. The van der Waals surface area contributed by atoms with Gasteiger partial charge in [0, 0.05) is 66.1 Å². The molecule has 632 valence electrons. The molecule has 128 heavy (non-hydrogen) atoms. The maximum Gasteiger partial charge on any atom is 0.266 e. The lowest BCUT2D eigenvalue weighted by Gasteiger charge is -2.33. The predicted molar refractivity (Wildman–Crippen MR) is 524 cm³/mol. The zero-order chi connectivity index (χ0) is 88.3. The van der Waals surface area contributed by atoms with Crippen molar-refractivity contribution in [2.75, 3.05) is 19.6 Å². The zero-order valence-electron chi connectivity index (χ0n) is 74.2. The molecular formula is C116H100N4O8. The number of carbonyl (C=O) groups is 8. The average molecular weight is 1680 g/mol. The summed E-state index contributed by atoms with van der Waals surface area (Å²) < 4.78 is 0. The van der Waals surface area contributed by atoms with Crippen LogP contribution >= 0.6 is 0 Å². The molecule has 0 N–H and O–H groups in total. The van der Waals surface area contributed by atoms with E-state index in [1.54, 1.807) is 0 Å². The molecule has 12 nitrogen and oxygen atoms in total. The average Bonchev–Trinajstić information content (AvgIpc) is 0.690. The Labute approximate surface area is 744 Å². The lowest BCUT2D eigenvalue weighted by atomic mass is 9.82. The van der Waals surface area contributed by atoms with Crippen LogP contribution in [0.15, 0.2) is 231 Å². The van der Waals surface area contributed by atoms with Gasteiger partial charge in [-0.1, -0.05) is 291 Å². The molecule has 4 aliphatic rings. The van der Waals surface area contributed by atoms with Gasteiger partial charge in [0.15, 0.2) is 0 Å². The van der Waals surface area contributed by atoms with Gasteiger partial charge < -0.3 is 0 Å². The minimum atomic E-state index is -0.420. The quantitative estimate of drug-likeness (QED) is 0.0238. The van der Waals surface area contributed by atoms with E-state index in [2.05, 4.69) is 136 Å². The number of aryl methyl sites for hydroxylation is 2. The smallest absolute Gasteiger partial charge is 0.266 e. The Balaban J connectivity index is 0.590. The molecule has 0 aromatic heterocycles. The number of nitrogens with zero attached hydrogens (tertiary/aromatic N) is 4. The van der Waals surface area contributed by atoms with Gasteiger partial charge in [0.25, 0.3) is 47.3 Å². The molecule has 0 unspecified atom stereocenters. The summed E-state index contributed by atoms with van der Waals surface area (Å²) >= 11 is 0. The Hall–Kier alpha value is -13.8. The number of anilines is 4. The second-order valence-electron chi connectivity index (χ2n) is 37.3. The van der Waals surface area contributed by atoms with Crippen molar-refractivity contribution < 1.29 is 38.4 Å². The summed E-state index contributed by atoms with van der Waals surface area (Å²) in [6, 6.07) is 76.0. The van der Waals surface area contributed by atoms with E-state index < -0.39 is 23.6 Å². The minimum absolute atomic E-state index is 0.0540. The van der Waals surface area contributed by atoms with E-state index in [1.165, 1.54) is 56.4 Å². The molecule has 12 heteroatoms. The molecule has 0 radical (unpaired) electrons. The SMILES string of the molecule is CCCCCCCCc1cc(-c2ccc(N3C(=O)c4ccc5c6ccc7c8c(ccc(c9ccc(c4c59)C3=O)c86)C(=O)N(c3c(C(C)C)cccc3C(C)C)C7=O)cc2)c(CCCCCCCC)cc1-c1ccc(N2C(=O)c3cccc4c(-c5ccc6c7ccc8c9c(ccc(c%10cccc5c%106)c97)C(=O)N(c5c(C(C)C)cccc5C(C)C)C8=O)ccc(c34)C2=O)cc1. The van der Waals surface area contributed by atoms with Crippen LogP contribution in [0.5, 0.6) is 0 Å². The fraction of sp³-hybridized carbons (Fsp3) is 0.241. The van der Waals surface area contributed by atoms with Crippen molar-refractivity contribution in [1.82, 2.24) is 0 Å². The zero-order valence-corrected chi connectivity index (χ0v) is 74.2. The lowest BCUT2D eigenvalue weighted by Crippen LogP contribution is -2.41. The van der Waals surface area contributed by atoms with E-state index >= 15 is 38.4 Å². The van der Waals surface area contributed by atoms with Gasteiger partial charge in [-0.15, -0.1) is 0 Å². The number of fused-ring (bicyclic) bond motifs is 4. The second kappa shape index (κ2) is 31.6. The Kier molecular flexibility index (Phi) is 20.1. The number of hydrogen-bond donors (Lipinski definition) is 0. The van der Waals surface area contributed by atoms with Crippen molar-refractivity contribution in [3.63, 3.8) is 0 Å². The first-order valence-corrected chi connectivity index (χ1v) is 46.3. The lowest BCUT2D eigenvalue weighted by molar-refractivity contribution is 0.0877. The maximum atomic E-state index is 15.4. The standard InChI is InChI=1S/C116H100N4O8/c1-11-13-15-17-19-21-27-69-62-98(68-39-43-72(44-40-68)118-111(123)91-55-50-85-87-52-59-95-106-96(60-53-88(103(87)106)86-51-56-92(112(118)124)104(91)102(85)86)116(128)120(115(95)127)108-75(65(7)8)31-24-32-76(108)66(9)10)70(28-22-20-18-16-14-12-2)61-97(69)67-37-41-71(42-38-67)117-109(121)89-36-26-34-80-78(46-54-90(100(80)89)110(117)122)77-45-47-82-84-49-58-94-105-93(57-48-83(101(84)105)81-35-25-33-79(77)99(81)82)113(125)119(114(94)126)107-73(63(3)4)29-23-30-74(107)64(5)6/h23-26,29-66H,11-22,27-28H2,1-10H3. The summed E-state index contributed by atoms with van der Waals surface area (Å²) in [6.45, 7) is 21.2. The molecule has 0 bridgehead atoms. The molecule has 21 rings (SSSR count). The number of hydrogen-bond acceptors (Lipinski definition) is 8. The van der Waals surface area contributed by atoms with Crippen molar-refractivity contribution in [3.05, 3.63) is 308 Å². The molecule has 0 saturated carbocycles. The van der Waals surface area contributed by atoms with Crippen LogP contribution in [-0.4, -0.2) is 47.3 Å². The van der Waals surface area contributed by atoms with Crippen LogP contribution in [0.4, 0.5) is 22.7 Å². The van der Waals surface area contributed by atoms with E-state index in [1.807, 2.05) is 164 Å². The van der Waals surface area contributed by atoms with Gasteiger partial charge in [0.2, 0.25) is 0 Å². The van der Waals surface area contributed by atoms with E-state index in [0.29, 0.717) is 88.8 Å². The molecule has 4 heterocycles. The van der Waals surface area contributed by atoms with Crippen LogP contribution in [0.3, 0.4) is 0 Å². The summed E-state index contributed by atoms with van der Waals surface area (Å²) in [7, 11) is 0. The number of benzene rings is 17.